The third-order valence-corrected chi connectivity index (χ3v) is 5.95. The molecule has 0 radical (unpaired) electrons. The number of hydrogen-bond donors (Lipinski definition) is 1. The van der Waals surface area contributed by atoms with Crippen LogP contribution in [0.2, 0.25) is 5.02 Å². The Hall–Kier alpha value is -2.91. The summed E-state index contributed by atoms with van der Waals surface area (Å²) in [6, 6.07) is 12.4. The number of hydrogen-bond acceptors (Lipinski definition) is 7. The van der Waals surface area contributed by atoms with E-state index in [1.807, 2.05) is 18.5 Å². The van der Waals surface area contributed by atoms with E-state index in [1.54, 1.807) is 42.5 Å². The van der Waals surface area contributed by atoms with E-state index in [4.69, 9.17) is 25.8 Å². The second kappa shape index (κ2) is 9.49. The van der Waals surface area contributed by atoms with Crippen molar-refractivity contribution in [2.45, 2.75) is 23.9 Å². The van der Waals surface area contributed by atoms with Crippen molar-refractivity contribution in [3.8, 4) is 17.2 Å². The van der Waals surface area contributed by atoms with Gasteiger partial charge in [0.05, 0.1) is 5.25 Å². The Morgan fingerprint density at radius 2 is 1.94 bits per heavy atom. The van der Waals surface area contributed by atoms with Crippen molar-refractivity contribution in [1.29, 1.82) is 0 Å². The van der Waals surface area contributed by atoms with Gasteiger partial charge < -0.3 is 24.1 Å². The van der Waals surface area contributed by atoms with Gasteiger partial charge in [0, 0.05) is 23.8 Å². The van der Waals surface area contributed by atoms with Crippen LogP contribution in [-0.2, 0) is 18.4 Å². The second-order valence-electron chi connectivity index (χ2n) is 6.81. The molecular formula is C21H21ClN4O4S. The molecule has 0 saturated carbocycles. The zero-order valence-corrected chi connectivity index (χ0v) is 18.6. The maximum absolute atomic E-state index is 12.6. The lowest BCUT2D eigenvalue weighted by Crippen LogP contribution is -2.23. The minimum absolute atomic E-state index is 0.149. The molecule has 1 atom stereocenters. The molecule has 1 N–H and O–H groups in total. The molecular weight excluding hydrogens is 440 g/mol. The predicted molar refractivity (Wildman–Crippen MR) is 118 cm³/mol. The summed E-state index contributed by atoms with van der Waals surface area (Å²) in [5.41, 5.74) is 0.650. The molecule has 1 aliphatic heterocycles. The van der Waals surface area contributed by atoms with Crippen molar-refractivity contribution in [2.24, 2.45) is 7.05 Å². The number of aromatic nitrogens is 3. The average Bonchev–Trinajstić information content (AvgIpc) is 3.12. The van der Waals surface area contributed by atoms with E-state index >= 15 is 0 Å². The fourth-order valence-corrected chi connectivity index (χ4v) is 3.79. The number of nitrogens with zero attached hydrogens (tertiary/aromatic N) is 3. The standard InChI is InChI=1S/C21H21ClN4O4S/c1-13(20(27)23-15-5-8-17-18(11-15)29-10-9-28-17)31-21-25-24-19(26(21)2)12-30-16-6-3-14(22)4-7-16/h3-8,11,13H,9-10,12H2,1-2H3,(H,23,27). The molecule has 31 heavy (non-hydrogen) atoms. The Kier molecular flexibility index (Phi) is 6.53. The highest BCUT2D eigenvalue weighted by molar-refractivity contribution is 8.00. The molecule has 0 saturated heterocycles. The van der Waals surface area contributed by atoms with Crippen LogP contribution < -0.4 is 19.5 Å². The quantitative estimate of drug-likeness (QED) is 0.534. The summed E-state index contributed by atoms with van der Waals surface area (Å²) in [4.78, 5) is 12.6. The topological polar surface area (TPSA) is 87.5 Å². The van der Waals surface area contributed by atoms with E-state index in [0.29, 0.717) is 52.2 Å². The number of rotatable bonds is 7. The molecule has 2 heterocycles. The third-order valence-electron chi connectivity index (χ3n) is 4.57. The molecule has 162 valence electrons. The average molecular weight is 461 g/mol. The van der Waals surface area contributed by atoms with E-state index in [0.717, 1.165) is 0 Å². The van der Waals surface area contributed by atoms with Crippen molar-refractivity contribution >= 4 is 35.0 Å². The van der Waals surface area contributed by atoms with Crippen LogP contribution in [0.4, 0.5) is 5.69 Å². The lowest BCUT2D eigenvalue weighted by Gasteiger charge is -2.19. The van der Waals surface area contributed by atoms with E-state index in [1.165, 1.54) is 11.8 Å². The van der Waals surface area contributed by atoms with Gasteiger partial charge in [-0.15, -0.1) is 10.2 Å². The summed E-state index contributed by atoms with van der Waals surface area (Å²) in [5.74, 6) is 2.50. The molecule has 0 fully saturated rings. The Morgan fingerprint density at radius 1 is 1.19 bits per heavy atom. The van der Waals surface area contributed by atoms with Crippen LogP contribution in [0.1, 0.15) is 12.7 Å². The highest BCUT2D eigenvalue weighted by Gasteiger charge is 2.20. The first-order valence-electron chi connectivity index (χ1n) is 9.63. The molecule has 1 unspecified atom stereocenters. The number of carbonyl (C=O) groups excluding carboxylic acids is 1. The van der Waals surface area contributed by atoms with Gasteiger partial charge in [-0.2, -0.15) is 0 Å². The molecule has 0 bridgehead atoms. The highest BCUT2D eigenvalue weighted by Crippen LogP contribution is 2.33. The smallest absolute Gasteiger partial charge is 0.237 e. The Balaban J connectivity index is 1.34. The van der Waals surface area contributed by atoms with Crippen molar-refractivity contribution in [3.63, 3.8) is 0 Å². The van der Waals surface area contributed by atoms with Gasteiger partial charge >= 0.3 is 0 Å². The van der Waals surface area contributed by atoms with Crippen molar-refractivity contribution in [3.05, 3.63) is 53.3 Å². The minimum Gasteiger partial charge on any atom is -0.486 e. The van der Waals surface area contributed by atoms with Crippen LogP contribution in [0.15, 0.2) is 47.6 Å². The first-order valence-corrected chi connectivity index (χ1v) is 10.9. The molecule has 8 nitrogen and oxygen atoms in total. The number of anilines is 1. The summed E-state index contributed by atoms with van der Waals surface area (Å²) in [5, 5.41) is 12.1. The number of nitrogens with one attached hydrogen (secondary N) is 1. The summed E-state index contributed by atoms with van der Waals surface area (Å²) in [6.07, 6.45) is 0. The lowest BCUT2D eigenvalue weighted by atomic mass is 10.2. The van der Waals surface area contributed by atoms with Gasteiger partial charge in [0.1, 0.15) is 25.6 Å². The largest absolute Gasteiger partial charge is 0.486 e. The fraction of sp³-hybridized carbons (Fsp3) is 0.286. The van der Waals surface area contributed by atoms with Crippen molar-refractivity contribution in [2.75, 3.05) is 18.5 Å². The van der Waals surface area contributed by atoms with Gasteiger partial charge in [-0.25, -0.2) is 0 Å². The minimum atomic E-state index is -0.388. The Morgan fingerprint density at radius 3 is 2.71 bits per heavy atom. The van der Waals surface area contributed by atoms with Crippen LogP contribution in [0, 0.1) is 0 Å². The molecule has 1 amide bonds. The molecule has 4 rings (SSSR count). The van der Waals surface area contributed by atoms with E-state index in [-0.39, 0.29) is 17.8 Å². The fourth-order valence-electron chi connectivity index (χ4n) is 2.83. The molecule has 1 aliphatic rings. The van der Waals surface area contributed by atoms with E-state index in [2.05, 4.69) is 15.5 Å². The zero-order chi connectivity index (χ0) is 21.8. The van der Waals surface area contributed by atoms with Crippen LogP contribution in [-0.4, -0.2) is 39.1 Å². The first-order chi connectivity index (χ1) is 15.0. The number of carbonyl (C=O) groups is 1. The SMILES string of the molecule is CC(Sc1nnc(COc2ccc(Cl)cc2)n1C)C(=O)Nc1ccc2c(c1)OCCO2. The second-order valence-corrected chi connectivity index (χ2v) is 8.55. The third kappa shape index (κ3) is 5.23. The van der Waals surface area contributed by atoms with Gasteiger partial charge in [-0.05, 0) is 43.3 Å². The molecule has 2 aromatic carbocycles. The number of halogens is 1. The van der Waals surface area contributed by atoms with Gasteiger partial charge in [-0.3, -0.25) is 4.79 Å². The van der Waals surface area contributed by atoms with E-state index in [9.17, 15) is 4.79 Å². The van der Waals surface area contributed by atoms with Gasteiger partial charge in [0.2, 0.25) is 5.91 Å². The maximum atomic E-state index is 12.6. The van der Waals surface area contributed by atoms with Gasteiger partial charge in [0.15, 0.2) is 22.5 Å². The molecule has 3 aromatic rings. The molecule has 1 aromatic heterocycles. The highest BCUT2D eigenvalue weighted by atomic mass is 35.5. The zero-order valence-electron chi connectivity index (χ0n) is 17.0. The van der Waals surface area contributed by atoms with Crippen LogP contribution in [0.25, 0.3) is 0 Å². The maximum Gasteiger partial charge on any atom is 0.237 e. The van der Waals surface area contributed by atoms with Gasteiger partial charge in [0.25, 0.3) is 0 Å². The molecule has 0 spiro atoms. The molecule has 10 heteroatoms. The first kappa shape index (κ1) is 21.3. The summed E-state index contributed by atoms with van der Waals surface area (Å²) in [6.45, 7) is 3.09. The van der Waals surface area contributed by atoms with Crippen LogP contribution in [0.5, 0.6) is 17.2 Å². The number of fused-ring (bicyclic) bond motifs is 1. The molecule has 0 aliphatic carbocycles. The van der Waals surface area contributed by atoms with E-state index < -0.39 is 0 Å². The van der Waals surface area contributed by atoms with Gasteiger partial charge in [-0.1, -0.05) is 23.4 Å². The van der Waals surface area contributed by atoms with Crippen molar-refractivity contribution < 1.29 is 19.0 Å². The number of ether oxygens (including phenoxy) is 3. The normalized spacial score (nSPS) is 13.5. The number of benzene rings is 2. The monoisotopic (exact) mass is 460 g/mol. The number of amides is 1. The predicted octanol–water partition coefficient (Wildman–Crippen LogP) is 3.94. The van der Waals surface area contributed by atoms with Crippen LogP contribution in [0.3, 0.4) is 0 Å². The Labute approximate surface area is 188 Å². The van der Waals surface area contributed by atoms with Crippen molar-refractivity contribution in [1.82, 2.24) is 14.8 Å². The Bertz CT molecular complexity index is 1070. The summed E-state index contributed by atoms with van der Waals surface area (Å²) in [7, 11) is 1.84. The van der Waals surface area contributed by atoms with Crippen LogP contribution >= 0.6 is 23.4 Å². The summed E-state index contributed by atoms with van der Waals surface area (Å²) < 4.78 is 18.6. The lowest BCUT2D eigenvalue weighted by molar-refractivity contribution is -0.115. The number of thioether (sulfide) groups is 1. The summed E-state index contributed by atoms with van der Waals surface area (Å²) >= 11 is 7.20.